The predicted molar refractivity (Wildman–Crippen MR) is 93.9 cm³/mol. The Hall–Kier alpha value is -1.92. The zero-order valence-electron chi connectivity index (χ0n) is 14.4. The van der Waals surface area contributed by atoms with Gasteiger partial charge in [-0.2, -0.15) is 0 Å². The molecule has 3 rings (SSSR count). The van der Waals surface area contributed by atoms with Crippen molar-refractivity contribution < 1.29 is 14.6 Å². The van der Waals surface area contributed by atoms with Crippen LogP contribution in [0.25, 0.3) is 5.69 Å². The second-order valence-corrected chi connectivity index (χ2v) is 7.14. The second-order valence-electron chi connectivity index (χ2n) is 6.71. The van der Waals surface area contributed by atoms with Crippen molar-refractivity contribution in [1.82, 2.24) is 15.0 Å². The molecule has 0 bridgehead atoms. The summed E-state index contributed by atoms with van der Waals surface area (Å²) in [5.41, 5.74) is 2.81. The molecule has 134 valence electrons. The van der Waals surface area contributed by atoms with E-state index in [4.69, 9.17) is 16.3 Å². The van der Waals surface area contributed by atoms with Crippen LogP contribution in [-0.2, 0) is 16.0 Å². The van der Waals surface area contributed by atoms with Crippen LogP contribution in [0.1, 0.15) is 50.4 Å². The standard InChI is InChI=1S/C18H22ClN3O3/c1-11(2)18-16(8-7-15-9-14(23)10-17(24)25-15)22(21-20-18)13-5-3-12(19)4-6-13/h3-6,11,14-15,23H,7-10H2,1-2H3. The largest absolute Gasteiger partial charge is 0.462 e. The van der Waals surface area contributed by atoms with Gasteiger partial charge < -0.3 is 9.84 Å². The molecular weight excluding hydrogens is 342 g/mol. The highest BCUT2D eigenvalue weighted by molar-refractivity contribution is 6.30. The van der Waals surface area contributed by atoms with Crippen LogP contribution in [-0.4, -0.2) is 38.3 Å². The van der Waals surface area contributed by atoms with Crippen LogP contribution in [0.4, 0.5) is 0 Å². The molecule has 1 aliphatic heterocycles. The molecule has 2 aromatic rings. The molecule has 2 unspecified atom stereocenters. The Balaban J connectivity index is 1.82. The lowest BCUT2D eigenvalue weighted by Gasteiger charge is -2.26. The van der Waals surface area contributed by atoms with Crippen LogP contribution >= 0.6 is 11.6 Å². The Kier molecular flexibility index (Phi) is 5.39. The van der Waals surface area contributed by atoms with E-state index in [9.17, 15) is 9.90 Å². The van der Waals surface area contributed by atoms with Gasteiger partial charge in [0.25, 0.3) is 0 Å². The fourth-order valence-electron chi connectivity index (χ4n) is 3.12. The zero-order chi connectivity index (χ0) is 18.0. The van der Waals surface area contributed by atoms with Crippen molar-refractivity contribution in [3.8, 4) is 5.69 Å². The maximum Gasteiger partial charge on any atom is 0.308 e. The highest BCUT2D eigenvalue weighted by Gasteiger charge is 2.28. The number of cyclic esters (lactones) is 1. The van der Waals surface area contributed by atoms with E-state index >= 15 is 0 Å². The first-order chi connectivity index (χ1) is 11.9. The molecule has 1 aliphatic rings. The number of rotatable bonds is 5. The fourth-order valence-corrected chi connectivity index (χ4v) is 3.25. The van der Waals surface area contributed by atoms with E-state index < -0.39 is 6.10 Å². The molecular formula is C18H22ClN3O3. The molecule has 1 aromatic carbocycles. The third kappa shape index (κ3) is 4.19. The van der Waals surface area contributed by atoms with Crippen LogP contribution in [0, 0.1) is 0 Å². The van der Waals surface area contributed by atoms with Gasteiger partial charge >= 0.3 is 5.97 Å². The summed E-state index contributed by atoms with van der Waals surface area (Å²) in [7, 11) is 0. The molecule has 6 nitrogen and oxygen atoms in total. The number of hydrogen-bond donors (Lipinski definition) is 1. The topological polar surface area (TPSA) is 77.2 Å². The van der Waals surface area contributed by atoms with Gasteiger partial charge in [-0.3, -0.25) is 4.79 Å². The number of carbonyl (C=O) groups excluding carboxylic acids is 1. The van der Waals surface area contributed by atoms with E-state index in [-0.39, 0.29) is 24.4 Å². The minimum Gasteiger partial charge on any atom is -0.462 e. The monoisotopic (exact) mass is 363 g/mol. The summed E-state index contributed by atoms with van der Waals surface area (Å²) in [6, 6.07) is 7.43. The van der Waals surface area contributed by atoms with E-state index in [0.29, 0.717) is 24.3 Å². The van der Waals surface area contributed by atoms with Gasteiger partial charge in [-0.15, -0.1) is 5.10 Å². The molecule has 1 fully saturated rings. The van der Waals surface area contributed by atoms with Crippen LogP contribution in [0.2, 0.25) is 5.02 Å². The first-order valence-electron chi connectivity index (χ1n) is 8.52. The minimum absolute atomic E-state index is 0.0814. The normalized spacial score (nSPS) is 20.8. The van der Waals surface area contributed by atoms with Crippen molar-refractivity contribution in [2.45, 2.75) is 57.7 Å². The number of aliphatic hydroxyl groups excluding tert-OH is 1. The number of hydrogen-bond acceptors (Lipinski definition) is 5. The Morgan fingerprint density at radius 1 is 1.36 bits per heavy atom. The van der Waals surface area contributed by atoms with Gasteiger partial charge in [0, 0.05) is 11.4 Å². The Morgan fingerprint density at radius 2 is 2.08 bits per heavy atom. The molecule has 7 heteroatoms. The molecule has 25 heavy (non-hydrogen) atoms. The van der Waals surface area contributed by atoms with Gasteiger partial charge in [-0.1, -0.05) is 30.7 Å². The van der Waals surface area contributed by atoms with E-state index in [1.165, 1.54) is 0 Å². The molecule has 1 aromatic heterocycles. The van der Waals surface area contributed by atoms with Crippen LogP contribution in [0.15, 0.2) is 24.3 Å². The maximum atomic E-state index is 11.5. The molecule has 0 aliphatic carbocycles. The average Bonchev–Trinajstić information content (AvgIpc) is 2.97. The van der Waals surface area contributed by atoms with Crippen LogP contribution in [0.3, 0.4) is 0 Å². The van der Waals surface area contributed by atoms with Gasteiger partial charge in [0.1, 0.15) is 6.10 Å². The summed E-state index contributed by atoms with van der Waals surface area (Å²) in [4.78, 5) is 11.5. The van der Waals surface area contributed by atoms with Crippen LogP contribution in [0.5, 0.6) is 0 Å². The molecule has 1 saturated heterocycles. The van der Waals surface area contributed by atoms with Crippen LogP contribution < -0.4 is 0 Å². The summed E-state index contributed by atoms with van der Waals surface area (Å²) in [5.74, 6) is -0.104. The van der Waals surface area contributed by atoms with Crippen molar-refractivity contribution in [2.75, 3.05) is 0 Å². The van der Waals surface area contributed by atoms with E-state index in [0.717, 1.165) is 17.1 Å². The Bertz CT molecular complexity index is 743. The summed E-state index contributed by atoms with van der Waals surface area (Å²) in [5, 5.41) is 19.1. The van der Waals surface area contributed by atoms with Crippen molar-refractivity contribution in [3.05, 3.63) is 40.7 Å². The lowest BCUT2D eigenvalue weighted by molar-refractivity contribution is -0.160. The zero-order valence-corrected chi connectivity index (χ0v) is 15.1. The number of ether oxygens (including phenoxy) is 1. The SMILES string of the molecule is CC(C)c1nnn(-c2ccc(Cl)cc2)c1CCC1CC(O)CC(=O)O1. The summed E-state index contributed by atoms with van der Waals surface area (Å²) < 4.78 is 7.16. The molecule has 0 amide bonds. The molecule has 2 atom stereocenters. The lowest BCUT2D eigenvalue weighted by Crippen LogP contribution is -2.33. The molecule has 0 radical (unpaired) electrons. The van der Waals surface area contributed by atoms with E-state index in [2.05, 4.69) is 24.2 Å². The molecule has 0 spiro atoms. The number of aromatic nitrogens is 3. The lowest BCUT2D eigenvalue weighted by atomic mass is 9.98. The number of aliphatic hydroxyl groups is 1. The van der Waals surface area contributed by atoms with Crippen molar-refractivity contribution in [3.63, 3.8) is 0 Å². The minimum atomic E-state index is -0.616. The van der Waals surface area contributed by atoms with Crippen molar-refractivity contribution in [1.29, 1.82) is 0 Å². The third-order valence-electron chi connectivity index (χ3n) is 4.35. The van der Waals surface area contributed by atoms with Gasteiger partial charge in [0.05, 0.1) is 29.6 Å². The van der Waals surface area contributed by atoms with Gasteiger partial charge in [0.2, 0.25) is 0 Å². The fraction of sp³-hybridized carbons (Fsp3) is 0.500. The van der Waals surface area contributed by atoms with Gasteiger partial charge in [-0.05, 0) is 43.0 Å². The Labute approximate surface area is 151 Å². The number of carbonyl (C=O) groups is 1. The highest BCUT2D eigenvalue weighted by atomic mass is 35.5. The Morgan fingerprint density at radius 3 is 2.72 bits per heavy atom. The summed E-state index contributed by atoms with van der Waals surface area (Å²) in [6.07, 6.45) is 0.959. The highest BCUT2D eigenvalue weighted by Crippen LogP contribution is 2.25. The van der Waals surface area contributed by atoms with Gasteiger partial charge in [-0.25, -0.2) is 4.68 Å². The third-order valence-corrected chi connectivity index (χ3v) is 4.60. The van der Waals surface area contributed by atoms with Gasteiger partial charge in [0.15, 0.2) is 0 Å². The smallest absolute Gasteiger partial charge is 0.308 e. The second kappa shape index (κ2) is 7.54. The first-order valence-corrected chi connectivity index (χ1v) is 8.89. The predicted octanol–water partition coefficient (Wildman–Crippen LogP) is 3.04. The molecule has 2 heterocycles. The molecule has 1 N–H and O–H groups in total. The molecule has 0 saturated carbocycles. The number of halogens is 1. The van der Waals surface area contributed by atoms with Crippen molar-refractivity contribution in [2.24, 2.45) is 0 Å². The van der Waals surface area contributed by atoms with E-state index in [1.807, 2.05) is 28.9 Å². The van der Waals surface area contributed by atoms with Crippen molar-refractivity contribution >= 4 is 17.6 Å². The number of esters is 1. The average molecular weight is 364 g/mol. The number of benzene rings is 1. The summed E-state index contributed by atoms with van der Waals surface area (Å²) in [6.45, 7) is 4.15. The summed E-state index contributed by atoms with van der Waals surface area (Å²) >= 11 is 5.97. The quantitative estimate of drug-likeness (QED) is 0.826. The first kappa shape index (κ1) is 17.9. The maximum absolute atomic E-state index is 11.5. The number of nitrogens with zero attached hydrogens (tertiary/aromatic N) is 3. The van der Waals surface area contributed by atoms with E-state index in [1.54, 1.807) is 0 Å².